The number of nitrogens with two attached hydrogens (primary N) is 1. The first-order valence-corrected chi connectivity index (χ1v) is 6.55. The predicted molar refractivity (Wildman–Crippen MR) is 73.8 cm³/mol. The number of nitrogens with zero attached hydrogens (tertiary/aromatic N) is 1. The van der Waals surface area contributed by atoms with Crippen LogP contribution in [-0.4, -0.2) is 18.0 Å². The van der Waals surface area contributed by atoms with E-state index in [2.05, 4.69) is 4.74 Å². The van der Waals surface area contributed by atoms with Gasteiger partial charge in [-0.2, -0.15) is 0 Å². The van der Waals surface area contributed by atoms with Gasteiger partial charge in [-0.1, -0.05) is 6.92 Å². The van der Waals surface area contributed by atoms with E-state index in [1.807, 2.05) is 6.92 Å². The Morgan fingerprint density at radius 1 is 1.55 bits per heavy atom. The van der Waals surface area contributed by atoms with Crippen molar-refractivity contribution in [3.8, 4) is 10.6 Å². The van der Waals surface area contributed by atoms with Crippen LogP contribution in [0.4, 0.5) is 11.6 Å². The molecule has 2 rings (SSSR count). The van der Waals surface area contributed by atoms with Crippen LogP contribution in [0.15, 0.2) is 16.5 Å². The number of furan rings is 1. The molecule has 106 valence electrons. The Bertz CT molecular complexity index is 673. The fourth-order valence-electron chi connectivity index (χ4n) is 1.82. The highest BCUT2D eigenvalue weighted by atomic mass is 32.1. The Morgan fingerprint density at radius 2 is 2.25 bits per heavy atom. The molecule has 0 saturated carbocycles. The molecule has 0 spiro atoms. The normalized spacial score (nSPS) is 10.5. The number of esters is 1. The number of hydrogen-bond donors (Lipinski definition) is 1. The highest BCUT2D eigenvalue weighted by molar-refractivity contribution is 7.18. The third-order valence-electron chi connectivity index (χ3n) is 2.77. The minimum atomic E-state index is -0.618. The van der Waals surface area contributed by atoms with E-state index in [1.54, 1.807) is 0 Å². The van der Waals surface area contributed by atoms with Crippen LogP contribution in [0.1, 0.15) is 22.2 Å². The van der Waals surface area contributed by atoms with Crippen LogP contribution < -0.4 is 5.73 Å². The minimum absolute atomic E-state index is 0.276. The maximum absolute atomic E-state index is 11.6. The Kier molecular flexibility index (Phi) is 3.75. The van der Waals surface area contributed by atoms with Gasteiger partial charge < -0.3 is 14.9 Å². The summed E-state index contributed by atoms with van der Waals surface area (Å²) in [5.74, 6) is -0.566. The molecule has 0 aromatic carbocycles. The average Bonchev–Trinajstić information content (AvgIpc) is 3.02. The highest BCUT2D eigenvalue weighted by Crippen LogP contribution is 2.40. The van der Waals surface area contributed by atoms with Crippen molar-refractivity contribution in [2.45, 2.75) is 13.3 Å². The van der Waals surface area contributed by atoms with Gasteiger partial charge in [-0.05, 0) is 18.1 Å². The Morgan fingerprint density at radius 3 is 2.75 bits per heavy atom. The van der Waals surface area contributed by atoms with E-state index in [4.69, 9.17) is 10.2 Å². The standard InChI is InChI=1S/C12H12N2O5S/c1-3-6-9(13)11(12(15)18-2)20-10(6)7-4-5-8(19-7)14(16)17/h4-5H,3,13H2,1-2H3. The molecular weight excluding hydrogens is 284 g/mol. The number of ether oxygens (including phenoxy) is 1. The number of rotatable bonds is 4. The summed E-state index contributed by atoms with van der Waals surface area (Å²) in [6.07, 6.45) is 0.573. The predicted octanol–water partition coefficient (Wildman–Crippen LogP) is 2.85. The molecule has 0 aliphatic carbocycles. The van der Waals surface area contributed by atoms with Crippen molar-refractivity contribution in [1.82, 2.24) is 0 Å². The molecule has 2 aromatic rings. The zero-order valence-electron chi connectivity index (χ0n) is 10.8. The zero-order valence-corrected chi connectivity index (χ0v) is 11.7. The lowest BCUT2D eigenvalue weighted by Gasteiger charge is -1.99. The van der Waals surface area contributed by atoms with Crippen molar-refractivity contribution in [2.75, 3.05) is 12.8 Å². The van der Waals surface area contributed by atoms with Gasteiger partial charge in [0.15, 0.2) is 5.76 Å². The Labute approximate surface area is 118 Å². The van der Waals surface area contributed by atoms with Crippen molar-refractivity contribution in [3.05, 3.63) is 32.7 Å². The third kappa shape index (κ3) is 2.25. The van der Waals surface area contributed by atoms with Crippen LogP contribution in [0, 0.1) is 10.1 Å². The van der Waals surface area contributed by atoms with Gasteiger partial charge in [-0.25, -0.2) is 4.79 Å². The Balaban J connectivity index is 2.55. The van der Waals surface area contributed by atoms with Crippen LogP contribution in [0.3, 0.4) is 0 Å². The van der Waals surface area contributed by atoms with Gasteiger partial charge in [0.1, 0.15) is 9.80 Å². The number of carbonyl (C=O) groups is 1. The molecule has 7 nitrogen and oxygen atoms in total. The minimum Gasteiger partial charge on any atom is -0.465 e. The van der Waals surface area contributed by atoms with E-state index < -0.39 is 10.9 Å². The molecule has 2 N–H and O–H groups in total. The topological polar surface area (TPSA) is 109 Å². The largest absolute Gasteiger partial charge is 0.465 e. The number of hydrogen-bond acceptors (Lipinski definition) is 7. The summed E-state index contributed by atoms with van der Waals surface area (Å²) in [6.45, 7) is 1.88. The molecule has 0 radical (unpaired) electrons. The number of nitrogen functional groups attached to an aromatic ring is 1. The smallest absolute Gasteiger partial charge is 0.433 e. The lowest BCUT2D eigenvalue weighted by Crippen LogP contribution is -2.02. The molecule has 0 saturated heterocycles. The SMILES string of the molecule is CCc1c(-c2ccc([N+](=O)[O-])o2)sc(C(=O)OC)c1N. The van der Waals surface area contributed by atoms with Gasteiger partial charge in [0.25, 0.3) is 0 Å². The van der Waals surface area contributed by atoms with Gasteiger partial charge >= 0.3 is 11.9 Å². The average molecular weight is 296 g/mol. The zero-order chi connectivity index (χ0) is 14.9. The molecule has 20 heavy (non-hydrogen) atoms. The van der Waals surface area contributed by atoms with Crippen molar-refractivity contribution >= 4 is 28.9 Å². The quantitative estimate of drug-likeness (QED) is 0.528. The number of anilines is 1. The maximum Gasteiger partial charge on any atom is 0.433 e. The molecular formula is C12H12N2O5S. The van der Waals surface area contributed by atoms with Gasteiger partial charge in [-0.15, -0.1) is 11.3 Å². The number of carbonyl (C=O) groups excluding carboxylic acids is 1. The monoisotopic (exact) mass is 296 g/mol. The first-order chi connectivity index (χ1) is 9.49. The van der Waals surface area contributed by atoms with Crippen molar-refractivity contribution < 1.29 is 18.9 Å². The second-order valence-corrected chi connectivity index (χ2v) is 4.91. The van der Waals surface area contributed by atoms with E-state index in [9.17, 15) is 14.9 Å². The number of methoxy groups -OCH3 is 1. The summed E-state index contributed by atoms with van der Waals surface area (Å²) < 4.78 is 9.82. The molecule has 0 aliphatic rings. The van der Waals surface area contributed by atoms with E-state index in [1.165, 1.54) is 19.2 Å². The van der Waals surface area contributed by atoms with E-state index in [0.29, 0.717) is 22.7 Å². The maximum atomic E-state index is 11.6. The van der Waals surface area contributed by atoms with Crippen LogP contribution >= 0.6 is 11.3 Å². The molecule has 0 aliphatic heterocycles. The van der Waals surface area contributed by atoms with E-state index >= 15 is 0 Å². The first-order valence-electron chi connectivity index (χ1n) is 5.73. The lowest BCUT2D eigenvalue weighted by molar-refractivity contribution is -0.401. The molecule has 0 fully saturated rings. The summed E-state index contributed by atoms with van der Waals surface area (Å²) in [5.41, 5.74) is 6.98. The summed E-state index contributed by atoms with van der Waals surface area (Å²) in [7, 11) is 1.27. The molecule has 2 heterocycles. The van der Waals surface area contributed by atoms with Crippen molar-refractivity contribution in [1.29, 1.82) is 0 Å². The van der Waals surface area contributed by atoms with Crippen LogP contribution in [-0.2, 0) is 11.2 Å². The highest BCUT2D eigenvalue weighted by Gasteiger charge is 2.24. The molecule has 0 unspecified atom stereocenters. The lowest BCUT2D eigenvalue weighted by atomic mass is 10.1. The van der Waals surface area contributed by atoms with Crippen molar-refractivity contribution in [2.24, 2.45) is 0 Å². The fraction of sp³-hybridized carbons (Fsp3) is 0.250. The molecule has 8 heteroatoms. The Hall–Kier alpha value is -2.35. The van der Waals surface area contributed by atoms with Crippen molar-refractivity contribution in [3.63, 3.8) is 0 Å². The molecule has 0 bridgehead atoms. The first kappa shape index (κ1) is 14.1. The second-order valence-electron chi connectivity index (χ2n) is 3.89. The number of thiophene rings is 1. The summed E-state index contributed by atoms with van der Waals surface area (Å²) in [6, 6.07) is 2.76. The molecule has 0 atom stereocenters. The van der Waals surface area contributed by atoms with Crippen LogP contribution in [0.25, 0.3) is 10.6 Å². The van der Waals surface area contributed by atoms with Gasteiger partial charge in [0.2, 0.25) is 0 Å². The molecule has 2 aromatic heterocycles. The fourth-order valence-corrected chi connectivity index (χ4v) is 3.01. The summed E-state index contributed by atoms with van der Waals surface area (Å²) in [4.78, 5) is 22.5. The van der Waals surface area contributed by atoms with E-state index in [-0.39, 0.29) is 10.8 Å². The van der Waals surface area contributed by atoms with Crippen LogP contribution in [0.5, 0.6) is 0 Å². The van der Waals surface area contributed by atoms with Gasteiger partial charge in [0, 0.05) is 0 Å². The van der Waals surface area contributed by atoms with Gasteiger partial charge in [-0.3, -0.25) is 10.1 Å². The van der Waals surface area contributed by atoms with Gasteiger partial charge in [0.05, 0.1) is 23.7 Å². The molecule has 0 amide bonds. The second kappa shape index (κ2) is 5.33. The van der Waals surface area contributed by atoms with E-state index in [0.717, 1.165) is 16.9 Å². The third-order valence-corrected chi connectivity index (χ3v) is 4.01. The number of nitro groups is 1. The van der Waals surface area contributed by atoms with Crippen LogP contribution in [0.2, 0.25) is 0 Å². The summed E-state index contributed by atoms with van der Waals surface area (Å²) in [5, 5.41) is 10.6. The summed E-state index contributed by atoms with van der Waals surface area (Å²) >= 11 is 1.11.